The Labute approximate surface area is 45.8 Å². The van der Waals surface area contributed by atoms with E-state index in [1.807, 2.05) is 0 Å². The quantitative estimate of drug-likeness (QED) is 0.311. The molecule has 0 aromatic carbocycles. The van der Waals surface area contributed by atoms with Crippen molar-refractivity contribution in [1.82, 2.24) is 0 Å². The summed E-state index contributed by atoms with van der Waals surface area (Å²) in [4.78, 5) is 6.97. The molecule has 2 heteroatoms. The number of rotatable bonds is 0. The number of halogens is 1. The van der Waals surface area contributed by atoms with Gasteiger partial charge in [0.25, 0.3) is 0 Å². The fourth-order valence-corrected chi connectivity index (χ4v) is 0. The molecular formula is C3H9ISi. The first-order chi connectivity index (χ1) is 1.73. The van der Waals surface area contributed by atoms with Gasteiger partial charge in [-0.25, -0.2) is 0 Å². The van der Waals surface area contributed by atoms with Crippen molar-refractivity contribution in [3.8, 4) is 0 Å². The van der Waals surface area contributed by atoms with Gasteiger partial charge in [0.05, 0.1) is 0 Å². The van der Waals surface area contributed by atoms with Crippen LogP contribution in [-0.4, -0.2) is 25.8 Å². The van der Waals surface area contributed by atoms with E-state index in [2.05, 4.69) is 14.8 Å². The first-order valence-corrected chi connectivity index (χ1v) is 7.61. The molecule has 0 aliphatic heterocycles. The average Bonchev–Trinajstić information content (AvgIpc) is 0.811. The zero-order valence-electron chi connectivity index (χ0n) is 3.88. The summed E-state index contributed by atoms with van der Waals surface area (Å²) in [7, 11) is 0. The molecule has 0 atom stereocenters. The molecule has 5 heavy (non-hydrogen) atoms. The summed E-state index contributed by atoms with van der Waals surface area (Å²) in [5.74, 6) is 0. The summed E-state index contributed by atoms with van der Waals surface area (Å²) in [6, 6.07) is 0. The van der Waals surface area contributed by atoms with E-state index in [0.29, 0.717) is 0 Å². The Morgan fingerprint density at radius 2 is 1.00 bits per heavy atom. The second kappa shape index (κ2) is 4.95. The molecule has 0 N–H and O–H groups in total. The molecule has 0 aliphatic rings. The molecule has 0 rings (SSSR count). The molecule has 0 saturated heterocycles. The van der Waals surface area contributed by atoms with Crippen LogP contribution >= 0.6 is 19.8 Å². The minimum absolute atomic E-state index is 0. The van der Waals surface area contributed by atoms with E-state index in [-0.39, 0.29) is 30.8 Å². The fourth-order valence-electron chi connectivity index (χ4n) is 0. The minimum Gasteiger partial charge on any atom is 0 e. The minimum atomic E-state index is -0.263. The predicted molar refractivity (Wildman–Crippen MR) is 37.5 cm³/mol. The van der Waals surface area contributed by atoms with Gasteiger partial charge in [0.1, 0.15) is 0 Å². The van der Waals surface area contributed by atoms with Crippen LogP contribution in [0.5, 0.6) is 0 Å². The van der Waals surface area contributed by atoms with E-state index in [0.717, 1.165) is 0 Å². The Hall–Kier alpha value is 0.947. The third-order valence-electron chi connectivity index (χ3n) is 0. The third-order valence-corrected chi connectivity index (χ3v) is 0. The van der Waals surface area contributed by atoms with Crippen molar-refractivity contribution in [2.45, 2.75) is 0 Å². The molecule has 0 heterocycles. The van der Waals surface area contributed by atoms with Crippen molar-refractivity contribution in [2.75, 3.05) is 14.8 Å². The molecular weight excluding hydrogens is 191 g/mol. The van der Waals surface area contributed by atoms with Gasteiger partial charge >= 0.3 is 34.6 Å². The fraction of sp³-hybridized carbons (Fsp3) is 1.00. The van der Waals surface area contributed by atoms with Crippen molar-refractivity contribution in [3.63, 3.8) is 0 Å². The van der Waals surface area contributed by atoms with Crippen molar-refractivity contribution >= 4 is 30.8 Å². The summed E-state index contributed by atoms with van der Waals surface area (Å²) in [5, 5.41) is 0. The summed E-state index contributed by atoms with van der Waals surface area (Å²) >= 11 is -0.263. The van der Waals surface area contributed by atoms with E-state index in [1.54, 1.807) is 0 Å². The topological polar surface area (TPSA) is 0 Å². The Kier molecular flexibility index (Phi) is 9.24. The van der Waals surface area contributed by atoms with Crippen LogP contribution in [-0.2, 0) is 0 Å². The van der Waals surface area contributed by atoms with Gasteiger partial charge in [-0.2, -0.15) is 0 Å². The molecule has 0 saturated carbocycles. The van der Waals surface area contributed by atoms with E-state index < -0.39 is 0 Å². The molecule has 0 unspecified atom stereocenters. The van der Waals surface area contributed by atoms with Gasteiger partial charge in [-0.1, -0.05) is 0 Å². The van der Waals surface area contributed by atoms with Crippen molar-refractivity contribution in [2.24, 2.45) is 0 Å². The zero-order valence-corrected chi connectivity index (χ0v) is 7.04. The largest absolute Gasteiger partial charge is 0 e. The molecule has 0 amide bonds. The molecule has 4 radical (unpaired) electrons. The Balaban J connectivity index is 0. The maximum absolute atomic E-state index is 2.32. The van der Waals surface area contributed by atoms with Crippen LogP contribution in [0.3, 0.4) is 0 Å². The Morgan fingerprint density at radius 3 is 1.00 bits per heavy atom. The van der Waals surface area contributed by atoms with Gasteiger partial charge in [0.15, 0.2) is 0 Å². The molecule has 0 spiro atoms. The number of hydrogen-bond acceptors (Lipinski definition) is 0. The molecule has 0 bridgehead atoms. The monoisotopic (exact) mass is 200 g/mol. The van der Waals surface area contributed by atoms with E-state index in [9.17, 15) is 0 Å². The normalized spacial score (nSPS) is 9.00. The summed E-state index contributed by atoms with van der Waals surface area (Å²) < 4.78 is 0. The molecule has 0 aliphatic carbocycles. The van der Waals surface area contributed by atoms with Crippen molar-refractivity contribution < 1.29 is 0 Å². The SMILES string of the molecule is CI(C)C.[Si]. The van der Waals surface area contributed by atoms with Crippen LogP contribution in [0.25, 0.3) is 0 Å². The number of alkyl halides is 3. The maximum atomic E-state index is 2.32. The van der Waals surface area contributed by atoms with Gasteiger partial charge in [-0.05, 0) is 0 Å². The van der Waals surface area contributed by atoms with Gasteiger partial charge in [-0.3, -0.25) is 0 Å². The van der Waals surface area contributed by atoms with E-state index >= 15 is 0 Å². The average molecular weight is 200 g/mol. The van der Waals surface area contributed by atoms with Crippen LogP contribution in [0.4, 0.5) is 0 Å². The van der Waals surface area contributed by atoms with Gasteiger partial charge < -0.3 is 0 Å². The summed E-state index contributed by atoms with van der Waals surface area (Å²) in [6.45, 7) is 0. The Bertz CT molecular complexity index is 11.6. The maximum Gasteiger partial charge on any atom is 0 e. The van der Waals surface area contributed by atoms with Crippen LogP contribution in [0.2, 0.25) is 0 Å². The molecule has 0 aromatic rings. The molecule has 0 aromatic heterocycles. The Morgan fingerprint density at radius 1 is 1.00 bits per heavy atom. The van der Waals surface area contributed by atoms with Gasteiger partial charge in [-0.15, -0.1) is 0 Å². The predicted octanol–water partition coefficient (Wildman–Crippen LogP) is 1.00. The first kappa shape index (κ1) is 9.34. The summed E-state index contributed by atoms with van der Waals surface area (Å²) in [5.41, 5.74) is 0. The third kappa shape index (κ3) is 47.9. The molecule has 32 valence electrons. The van der Waals surface area contributed by atoms with Crippen molar-refractivity contribution in [1.29, 1.82) is 0 Å². The van der Waals surface area contributed by atoms with Gasteiger partial charge in [0, 0.05) is 11.0 Å². The standard InChI is InChI=1S/C3H9I.Si/c1-4(2)3;/h1-3H3;. The van der Waals surface area contributed by atoms with Crippen LogP contribution in [0.15, 0.2) is 0 Å². The van der Waals surface area contributed by atoms with Crippen LogP contribution < -0.4 is 0 Å². The second-order valence-corrected chi connectivity index (χ2v) is 7.61. The van der Waals surface area contributed by atoms with Crippen LogP contribution in [0, 0.1) is 0 Å². The smallest absolute Gasteiger partial charge is 0 e. The first-order valence-electron chi connectivity index (χ1n) is 1.13. The van der Waals surface area contributed by atoms with Crippen LogP contribution in [0.1, 0.15) is 0 Å². The van der Waals surface area contributed by atoms with Crippen molar-refractivity contribution in [3.05, 3.63) is 0 Å². The van der Waals surface area contributed by atoms with Gasteiger partial charge in [0.2, 0.25) is 0 Å². The molecule has 0 fully saturated rings. The second-order valence-electron chi connectivity index (χ2n) is 1.13. The molecule has 0 nitrogen and oxygen atoms in total. The van der Waals surface area contributed by atoms with E-state index in [1.165, 1.54) is 0 Å². The van der Waals surface area contributed by atoms with E-state index in [4.69, 9.17) is 0 Å². The number of hydrogen-bond donors (Lipinski definition) is 0. The summed E-state index contributed by atoms with van der Waals surface area (Å²) in [6.07, 6.45) is 0. The zero-order chi connectivity index (χ0) is 3.58.